The molecule has 1 atom stereocenters. The average Bonchev–Trinajstić information content (AvgIpc) is 3.68. The van der Waals surface area contributed by atoms with E-state index < -0.39 is 23.7 Å². The van der Waals surface area contributed by atoms with Crippen molar-refractivity contribution in [2.24, 2.45) is 0 Å². The lowest BCUT2D eigenvalue weighted by Gasteiger charge is -2.22. The van der Waals surface area contributed by atoms with E-state index in [0.717, 1.165) is 16.7 Å². The Morgan fingerprint density at radius 2 is 1.58 bits per heavy atom. The number of Topliss-reactive ketones (excluding diaryl/α,β-unsaturated/α-hetero) is 1. The summed E-state index contributed by atoms with van der Waals surface area (Å²) in [6.45, 7) is 4.41. The number of benzene rings is 4. The number of esters is 1. The largest absolute Gasteiger partial charge is 0.507 e. The molecule has 9 nitrogen and oxygen atoms in total. The van der Waals surface area contributed by atoms with E-state index in [2.05, 4.69) is 10.2 Å². The normalized spacial score (nSPS) is 15.5. The number of nitrogens with zero attached hydrogens (tertiary/aromatic N) is 3. The van der Waals surface area contributed by atoms with Gasteiger partial charge >= 0.3 is 11.9 Å². The number of aliphatic hydroxyl groups excluding tert-OH is 1. The summed E-state index contributed by atoms with van der Waals surface area (Å²) < 4.78 is 11.4. The van der Waals surface area contributed by atoms with Gasteiger partial charge in [-0.25, -0.2) is 4.79 Å². The third-order valence-electron chi connectivity index (χ3n) is 7.79. The van der Waals surface area contributed by atoms with Crippen LogP contribution in [-0.2, 0) is 26.7 Å². The molecule has 1 saturated heterocycles. The Labute approximate surface area is 285 Å². The Hall–Kier alpha value is -5.26. The fourth-order valence-corrected chi connectivity index (χ4v) is 7.11. The summed E-state index contributed by atoms with van der Waals surface area (Å²) in [4.78, 5) is 40.7. The van der Waals surface area contributed by atoms with E-state index in [9.17, 15) is 19.5 Å². The Balaban J connectivity index is 1.31. The summed E-state index contributed by atoms with van der Waals surface area (Å²) in [6.07, 6.45) is 0. The molecule has 1 aliphatic rings. The van der Waals surface area contributed by atoms with Crippen molar-refractivity contribution in [1.82, 2.24) is 10.2 Å². The maximum Gasteiger partial charge on any atom is 0.337 e. The van der Waals surface area contributed by atoms with E-state index >= 15 is 0 Å². The van der Waals surface area contributed by atoms with Crippen LogP contribution < -0.4 is 9.64 Å². The number of anilines is 1. The van der Waals surface area contributed by atoms with Crippen LogP contribution in [0, 0.1) is 13.8 Å². The van der Waals surface area contributed by atoms with Crippen LogP contribution in [0.2, 0.25) is 0 Å². The average molecular weight is 678 g/mol. The number of aryl methyl sites for hydroxylation is 2. The first-order chi connectivity index (χ1) is 23.2. The smallest absolute Gasteiger partial charge is 0.337 e. The molecule has 1 aliphatic heterocycles. The maximum absolute atomic E-state index is 13.7. The van der Waals surface area contributed by atoms with Gasteiger partial charge in [-0.1, -0.05) is 94.9 Å². The number of aromatic nitrogens is 2. The number of hydrogen-bond acceptors (Lipinski definition) is 10. The van der Waals surface area contributed by atoms with Gasteiger partial charge in [0.1, 0.15) is 18.1 Å². The quantitative estimate of drug-likeness (QED) is 0.0402. The SMILES string of the molecule is COC(=O)c1ccc(C2/C(=C(\O)c3ccc(OCc4cccc(C)c4)cc3)C(=O)C(=O)N2c2nnc(SCc3ccc(C)cc3)s2)cc1. The number of ether oxygens (including phenoxy) is 2. The zero-order valence-electron chi connectivity index (χ0n) is 26.4. The summed E-state index contributed by atoms with van der Waals surface area (Å²) in [5, 5.41) is 20.4. The molecule has 5 aromatic rings. The molecule has 1 aromatic heterocycles. The molecular weight excluding hydrogens is 647 g/mol. The van der Waals surface area contributed by atoms with E-state index in [-0.39, 0.29) is 16.5 Å². The number of hydrogen-bond donors (Lipinski definition) is 1. The van der Waals surface area contributed by atoms with E-state index in [0.29, 0.717) is 39.1 Å². The van der Waals surface area contributed by atoms with Crippen molar-refractivity contribution < 1.29 is 29.0 Å². The minimum Gasteiger partial charge on any atom is -0.507 e. The van der Waals surface area contributed by atoms with Gasteiger partial charge in [0.25, 0.3) is 5.78 Å². The summed E-state index contributed by atoms with van der Waals surface area (Å²) >= 11 is 2.65. The van der Waals surface area contributed by atoms with E-state index in [4.69, 9.17) is 9.47 Å². The molecule has 11 heteroatoms. The number of carbonyl (C=O) groups is 3. The Morgan fingerprint density at radius 3 is 2.27 bits per heavy atom. The fourth-order valence-electron chi connectivity index (χ4n) is 5.29. The Kier molecular flexibility index (Phi) is 9.70. The first-order valence-electron chi connectivity index (χ1n) is 15.0. The Bertz CT molecular complexity index is 2000. The molecule has 0 aliphatic carbocycles. The van der Waals surface area contributed by atoms with Crippen molar-refractivity contribution in [3.63, 3.8) is 0 Å². The van der Waals surface area contributed by atoms with Gasteiger partial charge in [-0.15, -0.1) is 10.2 Å². The van der Waals surface area contributed by atoms with Crippen LogP contribution >= 0.6 is 23.1 Å². The standard InChI is InChI=1S/C37H31N3O6S2/c1-22-7-9-24(10-8-22)21-47-37-39-38-36(48-37)40-31(26-11-13-28(14-12-26)35(44)45-3)30(33(42)34(40)43)32(41)27-15-17-29(18-16-27)46-20-25-6-4-5-23(2)19-25/h4-19,31,41H,20-21H2,1-3H3/b32-30+. The van der Waals surface area contributed by atoms with Gasteiger partial charge in [0.2, 0.25) is 5.13 Å². The minimum atomic E-state index is -1.03. The number of methoxy groups -OCH3 is 1. The van der Waals surface area contributed by atoms with Gasteiger partial charge in [0.05, 0.1) is 24.3 Å². The summed E-state index contributed by atoms with van der Waals surface area (Å²) in [6, 6.07) is 28.2. The number of aliphatic hydroxyl groups is 1. The first kappa shape index (κ1) is 32.7. The zero-order valence-corrected chi connectivity index (χ0v) is 28.0. The molecule has 1 unspecified atom stereocenters. The molecule has 48 heavy (non-hydrogen) atoms. The van der Waals surface area contributed by atoms with Gasteiger partial charge in [-0.3, -0.25) is 14.5 Å². The van der Waals surface area contributed by atoms with Crippen molar-refractivity contribution in [2.75, 3.05) is 12.0 Å². The molecule has 0 spiro atoms. The Morgan fingerprint density at radius 1 is 0.875 bits per heavy atom. The molecule has 6 rings (SSSR count). The molecule has 2 heterocycles. The third kappa shape index (κ3) is 7.02. The van der Waals surface area contributed by atoms with Gasteiger partial charge < -0.3 is 14.6 Å². The third-order valence-corrected chi connectivity index (χ3v) is 9.92. The highest BCUT2D eigenvalue weighted by molar-refractivity contribution is 8.00. The molecule has 1 amide bonds. The van der Waals surface area contributed by atoms with Crippen LogP contribution in [0.1, 0.15) is 49.8 Å². The second-order valence-electron chi connectivity index (χ2n) is 11.2. The lowest BCUT2D eigenvalue weighted by atomic mass is 9.94. The van der Waals surface area contributed by atoms with Crippen LogP contribution in [0.4, 0.5) is 5.13 Å². The lowest BCUT2D eigenvalue weighted by molar-refractivity contribution is -0.132. The van der Waals surface area contributed by atoms with Crippen LogP contribution in [0.25, 0.3) is 5.76 Å². The highest BCUT2D eigenvalue weighted by atomic mass is 32.2. The van der Waals surface area contributed by atoms with E-state index in [1.807, 2.05) is 62.4 Å². The van der Waals surface area contributed by atoms with Crippen LogP contribution in [0.15, 0.2) is 107 Å². The van der Waals surface area contributed by atoms with Gasteiger partial charge in [0.15, 0.2) is 4.34 Å². The van der Waals surface area contributed by atoms with Crippen molar-refractivity contribution in [2.45, 2.75) is 36.6 Å². The second kappa shape index (κ2) is 14.2. The summed E-state index contributed by atoms with van der Waals surface area (Å²) in [5.41, 5.74) is 5.44. The van der Waals surface area contributed by atoms with E-state index in [1.165, 1.54) is 40.7 Å². The monoisotopic (exact) mass is 677 g/mol. The fraction of sp³-hybridized carbons (Fsp3) is 0.162. The molecule has 0 bridgehead atoms. The summed E-state index contributed by atoms with van der Waals surface area (Å²) in [7, 11) is 1.29. The number of thioether (sulfide) groups is 1. The molecule has 1 N–H and O–H groups in total. The van der Waals surface area contributed by atoms with E-state index in [1.54, 1.807) is 48.5 Å². The van der Waals surface area contributed by atoms with Crippen molar-refractivity contribution >= 4 is 51.6 Å². The van der Waals surface area contributed by atoms with Crippen LogP contribution in [-0.4, -0.2) is 40.1 Å². The highest BCUT2D eigenvalue weighted by Crippen LogP contribution is 2.44. The number of ketones is 1. The molecule has 1 fully saturated rings. The van der Waals surface area contributed by atoms with Crippen molar-refractivity contribution in [1.29, 1.82) is 0 Å². The predicted molar refractivity (Wildman–Crippen MR) is 185 cm³/mol. The van der Waals surface area contributed by atoms with Crippen molar-refractivity contribution in [3.8, 4) is 5.75 Å². The molecule has 242 valence electrons. The lowest BCUT2D eigenvalue weighted by Crippen LogP contribution is -2.29. The zero-order chi connectivity index (χ0) is 33.8. The summed E-state index contributed by atoms with van der Waals surface area (Å²) in [5.74, 6) is -1.35. The van der Waals surface area contributed by atoms with Crippen LogP contribution in [0.3, 0.4) is 0 Å². The van der Waals surface area contributed by atoms with Gasteiger partial charge in [-0.2, -0.15) is 0 Å². The number of amides is 1. The predicted octanol–water partition coefficient (Wildman–Crippen LogP) is 7.44. The topological polar surface area (TPSA) is 119 Å². The van der Waals surface area contributed by atoms with Crippen molar-refractivity contribution in [3.05, 3.63) is 142 Å². The molecular formula is C37H31N3O6S2. The molecule has 0 radical (unpaired) electrons. The number of rotatable bonds is 10. The molecule has 0 saturated carbocycles. The molecule has 4 aromatic carbocycles. The van der Waals surface area contributed by atoms with Gasteiger partial charge in [-0.05, 0) is 66.9 Å². The number of carbonyl (C=O) groups excluding carboxylic acids is 3. The minimum absolute atomic E-state index is 0.108. The van der Waals surface area contributed by atoms with Gasteiger partial charge in [0, 0.05) is 11.3 Å². The van der Waals surface area contributed by atoms with Crippen LogP contribution in [0.5, 0.6) is 5.75 Å². The maximum atomic E-state index is 13.7. The highest BCUT2D eigenvalue weighted by Gasteiger charge is 2.48. The first-order valence-corrected chi connectivity index (χ1v) is 16.8. The second-order valence-corrected chi connectivity index (χ2v) is 13.4.